The minimum atomic E-state index is 0.415. The van der Waals surface area contributed by atoms with E-state index in [2.05, 4.69) is 43.4 Å². The Balaban J connectivity index is 1.74. The molecule has 2 heteroatoms. The molecule has 0 aliphatic heterocycles. The second kappa shape index (κ2) is 5.16. The first kappa shape index (κ1) is 13.0. The minimum Gasteiger partial charge on any atom is -0.381 e. The predicted molar refractivity (Wildman–Crippen MR) is 79.5 cm³/mol. The molecule has 2 aliphatic rings. The molecule has 2 unspecified atom stereocenters. The molecule has 0 amide bonds. The van der Waals surface area contributed by atoms with Gasteiger partial charge in [-0.2, -0.15) is 0 Å². The maximum absolute atomic E-state index is 5.97. The van der Waals surface area contributed by atoms with Crippen LogP contribution >= 0.6 is 0 Å². The predicted octanol–water partition coefficient (Wildman–Crippen LogP) is 4.14. The molecule has 0 heterocycles. The number of rotatable bonds is 4. The zero-order chi connectivity index (χ0) is 13.3. The van der Waals surface area contributed by atoms with Gasteiger partial charge in [-0.25, -0.2) is 0 Å². The molecule has 0 radical (unpaired) electrons. The zero-order valence-corrected chi connectivity index (χ0v) is 12.1. The second-order valence-corrected chi connectivity index (χ2v) is 6.13. The van der Waals surface area contributed by atoms with Crippen LogP contribution in [-0.2, 0) is 4.74 Å². The highest BCUT2D eigenvalue weighted by Gasteiger charge is 2.56. The van der Waals surface area contributed by atoms with Crippen molar-refractivity contribution in [2.75, 3.05) is 11.9 Å². The molecule has 1 spiro atoms. The standard InChI is InChI=1S/C17H25NO/c1-3-19-16-12-15(17(16)10-6-7-11-17)18-14-9-5-4-8-13(14)2/h4-5,8-9,15-16,18H,3,6-7,10-12H2,1-2H3. The molecule has 2 atom stereocenters. The fraction of sp³-hybridized carbons (Fsp3) is 0.647. The number of aryl methyl sites for hydroxylation is 1. The van der Waals surface area contributed by atoms with Crippen molar-refractivity contribution in [3.8, 4) is 0 Å². The average molecular weight is 259 g/mol. The molecule has 3 rings (SSSR count). The van der Waals surface area contributed by atoms with Gasteiger partial charge in [0, 0.05) is 23.8 Å². The fourth-order valence-corrected chi connectivity index (χ4v) is 4.01. The van der Waals surface area contributed by atoms with Gasteiger partial charge in [0.25, 0.3) is 0 Å². The number of ether oxygens (including phenoxy) is 1. The van der Waals surface area contributed by atoms with E-state index in [9.17, 15) is 0 Å². The molecule has 2 nitrogen and oxygen atoms in total. The first-order chi connectivity index (χ1) is 9.26. The zero-order valence-electron chi connectivity index (χ0n) is 12.1. The topological polar surface area (TPSA) is 21.3 Å². The van der Waals surface area contributed by atoms with E-state index < -0.39 is 0 Å². The van der Waals surface area contributed by atoms with Crippen LogP contribution in [0.4, 0.5) is 5.69 Å². The van der Waals surface area contributed by atoms with E-state index in [1.807, 2.05) is 0 Å². The van der Waals surface area contributed by atoms with E-state index in [1.54, 1.807) is 0 Å². The summed E-state index contributed by atoms with van der Waals surface area (Å²) in [6, 6.07) is 9.21. The summed E-state index contributed by atoms with van der Waals surface area (Å²) in [5, 5.41) is 3.79. The highest BCUT2D eigenvalue weighted by Crippen LogP contribution is 2.55. The van der Waals surface area contributed by atoms with Crippen LogP contribution in [-0.4, -0.2) is 18.8 Å². The summed E-state index contributed by atoms with van der Waals surface area (Å²) in [6.45, 7) is 5.15. The van der Waals surface area contributed by atoms with Gasteiger partial charge in [-0.15, -0.1) is 0 Å². The molecule has 104 valence electrons. The molecular formula is C17H25NO. The Morgan fingerprint density at radius 3 is 2.68 bits per heavy atom. The third-order valence-electron chi connectivity index (χ3n) is 5.16. The van der Waals surface area contributed by atoms with Crippen molar-refractivity contribution < 1.29 is 4.74 Å². The van der Waals surface area contributed by atoms with E-state index in [0.29, 0.717) is 17.6 Å². The van der Waals surface area contributed by atoms with Crippen molar-refractivity contribution in [3.63, 3.8) is 0 Å². The highest BCUT2D eigenvalue weighted by molar-refractivity contribution is 5.52. The maximum atomic E-state index is 5.97. The lowest BCUT2D eigenvalue weighted by Gasteiger charge is -2.54. The van der Waals surface area contributed by atoms with Gasteiger partial charge in [0.05, 0.1) is 6.10 Å². The van der Waals surface area contributed by atoms with Crippen molar-refractivity contribution in [1.82, 2.24) is 0 Å². The number of hydrogen-bond acceptors (Lipinski definition) is 2. The lowest BCUT2D eigenvalue weighted by molar-refractivity contribution is -0.114. The van der Waals surface area contributed by atoms with Gasteiger partial charge < -0.3 is 10.1 Å². The molecule has 2 saturated carbocycles. The summed E-state index contributed by atoms with van der Waals surface area (Å²) in [7, 11) is 0. The van der Waals surface area contributed by atoms with Crippen LogP contribution in [0.5, 0.6) is 0 Å². The van der Waals surface area contributed by atoms with Crippen molar-refractivity contribution in [2.24, 2.45) is 5.41 Å². The van der Waals surface area contributed by atoms with Crippen LogP contribution in [0.25, 0.3) is 0 Å². The van der Waals surface area contributed by atoms with Crippen molar-refractivity contribution in [1.29, 1.82) is 0 Å². The molecule has 2 fully saturated rings. The Morgan fingerprint density at radius 2 is 2.00 bits per heavy atom. The first-order valence-electron chi connectivity index (χ1n) is 7.70. The van der Waals surface area contributed by atoms with Gasteiger partial charge in [0.1, 0.15) is 0 Å². The summed E-state index contributed by atoms with van der Waals surface area (Å²) in [4.78, 5) is 0. The average Bonchev–Trinajstić information content (AvgIpc) is 2.92. The molecule has 19 heavy (non-hydrogen) atoms. The van der Waals surface area contributed by atoms with Crippen LogP contribution in [0.2, 0.25) is 0 Å². The van der Waals surface area contributed by atoms with Crippen LogP contribution in [0.3, 0.4) is 0 Å². The van der Waals surface area contributed by atoms with Crippen molar-refractivity contribution in [3.05, 3.63) is 29.8 Å². The number of anilines is 1. The highest BCUT2D eigenvalue weighted by atomic mass is 16.5. The quantitative estimate of drug-likeness (QED) is 0.877. The van der Waals surface area contributed by atoms with Gasteiger partial charge in [0.2, 0.25) is 0 Å². The molecule has 2 aliphatic carbocycles. The van der Waals surface area contributed by atoms with E-state index in [-0.39, 0.29) is 0 Å². The summed E-state index contributed by atoms with van der Waals surface area (Å²) >= 11 is 0. The van der Waals surface area contributed by atoms with E-state index in [4.69, 9.17) is 4.74 Å². The van der Waals surface area contributed by atoms with Crippen molar-refractivity contribution in [2.45, 2.75) is 58.1 Å². The lowest BCUT2D eigenvalue weighted by atomic mass is 9.60. The number of hydrogen-bond donors (Lipinski definition) is 1. The Bertz CT molecular complexity index is 437. The number of benzene rings is 1. The third kappa shape index (κ3) is 2.16. The fourth-order valence-electron chi connectivity index (χ4n) is 4.01. The third-order valence-corrected chi connectivity index (χ3v) is 5.16. The van der Waals surface area contributed by atoms with E-state index >= 15 is 0 Å². The first-order valence-corrected chi connectivity index (χ1v) is 7.70. The van der Waals surface area contributed by atoms with Crippen LogP contribution in [0.15, 0.2) is 24.3 Å². The Kier molecular flexibility index (Phi) is 3.53. The van der Waals surface area contributed by atoms with E-state index in [0.717, 1.165) is 6.61 Å². The van der Waals surface area contributed by atoms with Crippen LogP contribution in [0.1, 0.15) is 44.6 Å². The largest absolute Gasteiger partial charge is 0.381 e. The molecular weight excluding hydrogens is 234 g/mol. The summed E-state index contributed by atoms with van der Waals surface area (Å²) in [6.07, 6.45) is 7.07. The molecule has 1 N–H and O–H groups in total. The summed E-state index contributed by atoms with van der Waals surface area (Å²) in [5.41, 5.74) is 3.06. The minimum absolute atomic E-state index is 0.415. The lowest BCUT2D eigenvalue weighted by Crippen LogP contribution is -2.60. The van der Waals surface area contributed by atoms with E-state index in [1.165, 1.54) is 43.4 Å². The van der Waals surface area contributed by atoms with Gasteiger partial charge in [-0.3, -0.25) is 0 Å². The molecule has 0 saturated heterocycles. The molecule has 1 aromatic rings. The smallest absolute Gasteiger partial charge is 0.0670 e. The monoisotopic (exact) mass is 259 g/mol. The molecule has 0 aromatic heterocycles. The molecule has 0 bridgehead atoms. The van der Waals surface area contributed by atoms with Crippen LogP contribution < -0.4 is 5.32 Å². The summed E-state index contributed by atoms with van der Waals surface area (Å²) in [5.74, 6) is 0. The Morgan fingerprint density at radius 1 is 1.26 bits per heavy atom. The number of nitrogens with one attached hydrogen (secondary N) is 1. The maximum Gasteiger partial charge on any atom is 0.0670 e. The molecule has 1 aromatic carbocycles. The second-order valence-electron chi connectivity index (χ2n) is 6.13. The van der Waals surface area contributed by atoms with Gasteiger partial charge in [-0.1, -0.05) is 31.0 Å². The van der Waals surface area contributed by atoms with Gasteiger partial charge in [0.15, 0.2) is 0 Å². The normalized spacial score (nSPS) is 28.3. The Hall–Kier alpha value is -1.02. The van der Waals surface area contributed by atoms with Gasteiger partial charge >= 0.3 is 0 Å². The van der Waals surface area contributed by atoms with Crippen molar-refractivity contribution >= 4 is 5.69 Å². The Labute approximate surface area is 116 Å². The number of para-hydroxylation sites is 1. The summed E-state index contributed by atoms with van der Waals surface area (Å²) < 4.78 is 5.97. The van der Waals surface area contributed by atoms with Crippen LogP contribution in [0, 0.1) is 12.3 Å². The van der Waals surface area contributed by atoms with Gasteiger partial charge in [-0.05, 0) is 44.7 Å². The SMILES string of the molecule is CCOC1CC(Nc2ccccc2C)C12CCCC2.